The molecule has 0 aliphatic heterocycles. The molecule has 1 N–H and O–H groups in total. The second-order valence-corrected chi connectivity index (χ2v) is 6.66. The lowest BCUT2D eigenvalue weighted by atomic mass is 10.2. The highest BCUT2D eigenvalue weighted by molar-refractivity contribution is 7.13. The quantitative estimate of drug-likeness (QED) is 0.605. The molecule has 0 aromatic carbocycles. The van der Waals surface area contributed by atoms with Gasteiger partial charge in [-0.25, -0.2) is 4.98 Å². The molecule has 0 saturated carbocycles. The van der Waals surface area contributed by atoms with E-state index in [0.717, 1.165) is 27.8 Å². The SMILES string of the molecule is C=CCNC(=O)c1cc(-c2csc(-c3cnccn3)n2)n(CCOC)c1C. The third kappa shape index (κ3) is 4.12. The van der Waals surface area contributed by atoms with E-state index in [1.165, 1.54) is 11.3 Å². The zero-order chi connectivity index (χ0) is 19.2. The van der Waals surface area contributed by atoms with Crippen LogP contribution < -0.4 is 5.32 Å². The molecule has 0 fully saturated rings. The van der Waals surface area contributed by atoms with Gasteiger partial charge in [-0.3, -0.25) is 14.8 Å². The lowest BCUT2D eigenvalue weighted by Gasteiger charge is -2.10. The number of amides is 1. The molecule has 8 heteroatoms. The van der Waals surface area contributed by atoms with Crippen molar-refractivity contribution in [1.29, 1.82) is 0 Å². The summed E-state index contributed by atoms with van der Waals surface area (Å²) in [6.45, 7) is 7.15. The molecule has 0 radical (unpaired) electrons. The predicted molar refractivity (Wildman–Crippen MR) is 106 cm³/mol. The van der Waals surface area contributed by atoms with E-state index in [1.807, 2.05) is 18.4 Å². The van der Waals surface area contributed by atoms with Gasteiger partial charge in [-0.15, -0.1) is 17.9 Å². The standard InChI is InChI=1S/C19H21N5O2S/c1-4-5-22-18(25)14-10-17(24(13(14)2)8-9-26-3)16-12-27-19(23-16)15-11-20-6-7-21-15/h4,6-7,10-12H,1,5,8-9H2,2-3H3,(H,22,25). The van der Waals surface area contributed by atoms with Crippen molar-refractivity contribution in [3.63, 3.8) is 0 Å². The Morgan fingerprint density at radius 2 is 2.26 bits per heavy atom. The highest BCUT2D eigenvalue weighted by Crippen LogP contribution is 2.30. The van der Waals surface area contributed by atoms with Gasteiger partial charge in [-0.1, -0.05) is 6.08 Å². The van der Waals surface area contributed by atoms with E-state index in [9.17, 15) is 4.79 Å². The summed E-state index contributed by atoms with van der Waals surface area (Å²) in [5.41, 5.74) is 3.89. The summed E-state index contributed by atoms with van der Waals surface area (Å²) < 4.78 is 7.29. The largest absolute Gasteiger partial charge is 0.383 e. The maximum absolute atomic E-state index is 12.5. The first-order chi connectivity index (χ1) is 13.2. The fraction of sp³-hybridized carbons (Fsp3) is 0.263. The van der Waals surface area contributed by atoms with Crippen molar-refractivity contribution in [3.05, 3.63) is 53.9 Å². The fourth-order valence-corrected chi connectivity index (χ4v) is 3.51. The highest BCUT2D eigenvalue weighted by atomic mass is 32.1. The smallest absolute Gasteiger partial charge is 0.253 e. The third-order valence-electron chi connectivity index (χ3n) is 4.09. The first-order valence-electron chi connectivity index (χ1n) is 8.46. The maximum atomic E-state index is 12.5. The summed E-state index contributed by atoms with van der Waals surface area (Å²) in [6.07, 6.45) is 6.62. The van der Waals surface area contributed by atoms with E-state index in [2.05, 4.69) is 26.4 Å². The molecular formula is C19H21N5O2S. The van der Waals surface area contributed by atoms with Gasteiger partial charge in [0.2, 0.25) is 0 Å². The van der Waals surface area contributed by atoms with Crippen LogP contribution in [0.4, 0.5) is 0 Å². The molecule has 0 aliphatic carbocycles. The van der Waals surface area contributed by atoms with Gasteiger partial charge in [0, 0.05) is 43.7 Å². The second-order valence-electron chi connectivity index (χ2n) is 5.80. The number of hydrogen-bond donors (Lipinski definition) is 1. The Morgan fingerprint density at radius 1 is 1.41 bits per heavy atom. The van der Waals surface area contributed by atoms with Crippen molar-refractivity contribution in [2.45, 2.75) is 13.5 Å². The van der Waals surface area contributed by atoms with Crippen LogP contribution >= 0.6 is 11.3 Å². The van der Waals surface area contributed by atoms with Crippen LogP contribution in [0.2, 0.25) is 0 Å². The van der Waals surface area contributed by atoms with Crippen LogP contribution in [0, 0.1) is 6.92 Å². The first kappa shape index (κ1) is 18.9. The molecule has 3 heterocycles. The second kappa shape index (κ2) is 8.70. The van der Waals surface area contributed by atoms with Gasteiger partial charge in [-0.05, 0) is 13.0 Å². The lowest BCUT2D eigenvalue weighted by Crippen LogP contribution is -2.23. The number of carbonyl (C=O) groups excluding carboxylic acids is 1. The number of methoxy groups -OCH3 is 1. The summed E-state index contributed by atoms with van der Waals surface area (Å²) in [5, 5.41) is 5.58. The van der Waals surface area contributed by atoms with Crippen LogP contribution in [0.5, 0.6) is 0 Å². The summed E-state index contributed by atoms with van der Waals surface area (Å²) in [7, 11) is 1.66. The molecule has 0 spiro atoms. The third-order valence-corrected chi connectivity index (χ3v) is 4.95. The summed E-state index contributed by atoms with van der Waals surface area (Å²) in [6, 6.07) is 1.87. The minimum absolute atomic E-state index is 0.130. The van der Waals surface area contributed by atoms with Gasteiger partial charge in [-0.2, -0.15) is 0 Å². The van der Waals surface area contributed by atoms with Crippen LogP contribution in [0.1, 0.15) is 16.1 Å². The van der Waals surface area contributed by atoms with Crippen molar-refractivity contribution in [2.75, 3.05) is 20.3 Å². The van der Waals surface area contributed by atoms with E-state index in [4.69, 9.17) is 9.72 Å². The zero-order valence-electron chi connectivity index (χ0n) is 15.3. The van der Waals surface area contributed by atoms with Crippen LogP contribution in [0.15, 0.2) is 42.7 Å². The van der Waals surface area contributed by atoms with Crippen LogP contribution in [0.3, 0.4) is 0 Å². The molecule has 3 aromatic rings. The Hall–Kier alpha value is -2.84. The molecule has 27 heavy (non-hydrogen) atoms. The molecule has 1 amide bonds. The number of nitrogens with one attached hydrogen (secondary N) is 1. The monoisotopic (exact) mass is 383 g/mol. The molecule has 3 rings (SSSR count). The number of hydrogen-bond acceptors (Lipinski definition) is 6. The predicted octanol–water partition coefficient (Wildman–Crippen LogP) is 2.94. The highest BCUT2D eigenvalue weighted by Gasteiger charge is 2.20. The van der Waals surface area contributed by atoms with E-state index in [-0.39, 0.29) is 5.91 Å². The van der Waals surface area contributed by atoms with Crippen molar-refractivity contribution in [3.8, 4) is 22.1 Å². The van der Waals surface area contributed by atoms with Gasteiger partial charge in [0.15, 0.2) is 0 Å². The van der Waals surface area contributed by atoms with Crippen molar-refractivity contribution >= 4 is 17.2 Å². The van der Waals surface area contributed by atoms with Gasteiger partial charge in [0.05, 0.1) is 29.8 Å². The Balaban J connectivity index is 1.99. The first-order valence-corrected chi connectivity index (χ1v) is 9.34. The normalized spacial score (nSPS) is 10.7. The van der Waals surface area contributed by atoms with Gasteiger partial charge >= 0.3 is 0 Å². The lowest BCUT2D eigenvalue weighted by molar-refractivity contribution is 0.0957. The number of nitrogens with zero attached hydrogens (tertiary/aromatic N) is 4. The Labute approximate surface area is 161 Å². The zero-order valence-corrected chi connectivity index (χ0v) is 16.1. The molecule has 0 saturated heterocycles. The minimum Gasteiger partial charge on any atom is -0.383 e. The van der Waals surface area contributed by atoms with E-state index in [0.29, 0.717) is 25.3 Å². The molecular weight excluding hydrogens is 362 g/mol. The number of carbonyl (C=O) groups is 1. The number of ether oxygens (including phenoxy) is 1. The average Bonchev–Trinajstić information content (AvgIpc) is 3.30. The van der Waals surface area contributed by atoms with Crippen molar-refractivity contribution < 1.29 is 9.53 Å². The van der Waals surface area contributed by atoms with E-state index >= 15 is 0 Å². The van der Waals surface area contributed by atoms with Crippen LogP contribution in [0.25, 0.3) is 22.1 Å². The molecule has 0 unspecified atom stereocenters. The summed E-state index contributed by atoms with van der Waals surface area (Å²) in [5.74, 6) is -0.130. The topological polar surface area (TPSA) is 81.9 Å². The van der Waals surface area contributed by atoms with Gasteiger partial charge in [0.25, 0.3) is 5.91 Å². The summed E-state index contributed by atoms with van der Waals surface area (Å²) in [4.78, 5) is 25.6. The number of aromatic nitrogens is 4. The number of thiazole rings is 1. The molecule has 140 valence electrons. The maximum Gasteiger partial charge on any atom is 0.253 e. The Kier molecular flexibility index (Phi) is 6.10. The van der Waals surface area contributed by atoms with Crippen molar-refractivity contribution in [2.24, 2.45) is 0 Å². The minimum atomic E-state index is -0.130. The van der Waals surface area contributed by atoms with Gasteiger partial charge < -0.3 is 14.6 Å². The molecule has 3 aromatic heterocycles. The summed E-state index contributed by atoms with van der Waals surface area (Å²) >= 11 is 1.50. The van der Waals surface area contributed by atoms with Crippen LogP contribution in [-0.4, -0.2) is 45.7 Å². The van der Waals surface area contributed by atoms with Gasteiger partial charge in [0.1, 0.15) is 10.7 Å². The van der Waals surface area contributed by atoms with E-state index in [1.54, 1.807) is 31.8 Å². The molecule has 0 atom stereocenters. The molecule has 0 bridgehead atoms. The molecule has 0 aliphatic rings. The van der Waals surface area contributed by atoms with Crippen LogP contribution in [-0.2, 0) is 11.3 Å². The fourth-order valence-electron chi connectivity index (χ4n) is 2.74. The average molecular weight is 383 g/mol. The Bertz CT molecular complexity index is 933. The Morgan fingerprint density at radius 3 is 2.96 bits per heavy atom. The number of rotatable bonds is 8. The van der Waals surface area contributed by atoms with E-state index < -0.39 is 0 Å². The molecule has 7 nitrogen and oxygen atoms in total. The van der Waals surface area contributed by atoms with Crippen molar-refractivity contribution in [1.82, 2.24) is 24.8 Å².